The standard InChI is InChI=1S/C18H17ClO5S/c1-11-5-7-14(8-6-11)25(23,24)16-15(18(16,10-20)17(21)22)12-3-2-4-13(19)9-12/h2-9,15-16,20H,10H2,1H3,(H,21,22)/t15-,16-,18+/m0/s1. The van der Waals surface area contributed by atoms with Crippen LogP contribution in [0, 0.1) is 12.3 Å². The van der Waals surface area contributed by atoms with Gasteiger partial charge < -0.3 is 10.2 Å². The van der Waals surface area contributed by atoms with Crippen molar-refractivity contribution in [3.8, 4) is 0 Å². The lowest BCUT2D eigenvalue weighted by atomic mass is 10.0. The number of hydrogen-bond acceptors (Lipinski definition) is 4. The van der Waals surface area contributed by atoms with Gasteiger partial charge in [0.25, 0.3) is 0 Å². The minimum Gasteiger partial charge on any atom is -0.481 e. The van der Waals surface area contributed by atoms with E-state index < -0.39 is 39.0 Å². The number of halogens is 1. The summed E-state index contributed by atoms with van der Waals surface area (Å²) >= 11 is 5.97. The average Bonchev–Trinajstić information content (AvgIpc) is 3.27. The SMILES string of the molecule is Cc1ccc(S(=O)(=O)[C@H]2[C@H](c3cccc(Cl)c3)[C@@]2(CO)C(=O)O)cc1. The molecule has 2 N–H and O–H groups in total. The smallest absolute Gasteiger partial charge is 0.314 e. The lowest BCUT2D eigenvalue weighted by Gasteiger charge is -2.09. The van der Waals surface area contributed by atoms with Crippen molar-refractivity contribution in [2.24, 2.45) is 5.41 Å². The van der Waals surface area contributed by atoms with Crippen molar-refractivity contribution in [1.82, 2.24) is 0 Å². The second kappa shape index (κ2) is 6.12. The van der Waals surface area contributed by atoms with Gasteiger partial charge in [0.05, 0.1) is 16.8 Å². The molecular weight excluding hydrogens is 364 g/mol. The zero-order valence-corrected chi connectivity index (χ0v) is 15.0. The van der Waals surface area contributed by atoms with Crippen LogP contribution in [0.3, 0.4) is 0 Å². The molecule has 3 rings (SSSR count). The largest absolute Gasteiger partial charge is 0.481 e. The summed E-state index contributed by atoms with van der Waals surface area (Å²) < 4.78 is 26.1. The van der Waals surface area contributed by atoms with Crippen molar-refractivity contribution in [2.45, 2.75) is 23.0 Å². The van der Waals surface area contributed by atoms with E-state index in [1.54, 1.807) is 36.4 Å². The second-order valence-electron chi connectivity index (χ2n) is 6.31. The van der Waals surface area contributed by atoms with E-state index in [4.69, 9.17) is 11.6 Å². The van der Waals surface area contributed by atoms with Crippen LogP contribution in [0.2, 0.25) is 5.02 Å². The van der Waals surface area contributed by atoms with Crippen LogP contribution in [0.15, 0.2) is 53.4 Å². The molecule has 1 saturated carbocycles. The van der Waals surface area contributed by atoms with Crippen LogP contribution in [0.5, 0.6) is 0 Å². The molecule has 5 nitrogen and oxygen atoms in total. The second-order valence-corrected chi connectivity index (χ2v) is 8.82. The molecule has 0 heterocycles. The van der Waals surface area contributed by atoms with Crippen LogP contribution in [0.1, 0.15) is 17.0 Å². The molecule has 1 fully saturated rings. The Labute approximate surface area is 150 Å². The number of rotatable bonds is 5. The molecule has 0 radical (unpaired) electrons. The monoisotopic (exact) mass is 380 g/mol. The van der Waals surface area contributed by atoms with Crippen molar-refractivity contribution in [1.29, 1.82) is 0 Å². The first-order chi connectivity index (χ1) is 11.7. The fraction of sp³-hybridized carbons (Fsp3) is 0.278. The molecule has 0 unspecified atom stereocenters. The lowest BCUT2D eigenvalue weighted by molar-refractivity contribution is -0.145. The van der Waals surface area contributed by atoms with Crippen molar-refractivity contribution in [3.63, 3.8) is 0 Å². The number of aryl methyl sites for hydroxylation is 1. The number of aliphatic hydroxyl groups is 1. The van der Waals surface area contributed by atoms with Gasteiger partial charge in [0, 0.05) is 10.9 Å². The van der Waals surface area contributed by atoms with E-state index >= 15 is 0 Å². The number of carboxylic acids is 1. The van der Waals surface area contributed by atoms with Crippen molar-refractivity contribution < 1.29 is 23.4 Å². The van der Waals surface area contributed by atoms with Crippen molar-refractivity contribution in [3.05, 3.63) is 64.7 Å². The summed E-state index contributed by atoms with van der Waals surface area (Å²) in [4.78, 5) is 11.9. The highest BCUT2D eigenvalue weighted by molar-refractivity contribution is 7.92. The van der Waals surface area contributed by atoms with Gasteiger partial charge in [0.1, 0.15) is 5.41 Å². The van der Waals surface area contributed by atoms with Crippen molar-refractivity contribution in [2.75, 3.05) is 6.61 Å². The molecule has 0 aliphatic heterocycles. The van der Waals surface area contributed by atoms with E-state index in [1.165, 1.54) is 12.1 Å². The van der Waals surface area contributed by atoms with Crippen LogP contribution in [-0.4, -0.2) is 36.5 Å². The third kappa shape index (κ3) is 2.74. The number of aliphatic carboxylic acids is 1. The van der Waals surface area contributed by atoms with Gasteiger partial charge in [-0.2, -0.15) is 0 Å². The predicted molar refractivity (Wildman–Crippen MR) is 93.5 cm³/mol. The minimum absolute atomic E-state index is 0.0479. The molecule has 1 aliphatic rings. The predicted octanol–water partition coefficient (Wildman–Crippen LogP) is 2.65. The Morgan fingerprint density at radius 2 is 1.84 bits per heavy atom. The van der Waals surface area contributed by atoms with E-state index in [9.17, 15) is 23.4 Å². The summed E-state index contributed by atoms with van der Waals surface area (Å²) in [5.41, 5.74) is -0.383. The van der Waals surface area contributed by atoms with Gasteiger partial charge in [-0.1, -0.05) is 41.4 Å². The Morgan fingerprint density at radius 1 is 1.20 bits per heavy atom. The molecule has 0 bridgehead atoms. The van der Waals surface area contributed by atoms with E-state index in [1.807, 2.05) is 6.92 Å². The van der Waals surface area contributed by atoms with Crippen LogP contribution in [-0.2, 0) is 14.6 Å². The van der Waals surface area contributed by atoms with Gasteiger partial charge in [0.2, 0.25) is 0 Å². The van der Waals surface area contributed by atoms with E-state index in [-0.39, 0.29) is 4.90 Å². The van der Waals surface area contributed by atoms with Crippen LogP contribution < -0.4 is 0 Å². The lowest BCUT2D eigenvalue weighted by Crippen LogP contribution is -2.27. The first-order valence-electron chi connectivity index (χ1n) is 7.65. The van der Waals surface area contributed by atoms with Gasteiger partial charge in [-0.05, 0) is 36.8 Å². The number of carboxylic acid groups (broad SMARTS) is 1. The minimum atomic E-state index is -3.94. The zero-order chi connectivity index (χ0) is 18.4. The summed E-state index contributed by atoms with van der Waals surface area (Å²) in [7, 11) is -3.94. The molecule has 3 atom stereocenters. The first kappa shape index (κ1) is 17.9. The zero-order valence-electron chi connectivity index (χ0n) is 13.4. The Morgan fingerprint density at radius 3 is 2.36 bits per heavy atom. The number of aliphatic hydroxyl groups excluding tert-OH is 1. The number of sulfone groups is 1. The Balaban J connectivity index is 2.12. The molecule has 0 amide bonds. The van der Waals surface area contributed by atoms with E-state index in [2.05, 4.69) is 0 Å². The molecule has 132 valence electrons. The van der Waals surface area contributed by atoms with E-state index in [0.29, 0.717) is 10.6 Å². The average molecular weight is 381 g/mol. The van der Waals surface area contributed by atoms with E-state index in [0.717, 1.165) is 5.56 Å². The van der Waals surface area contributed by atoms with Crippen molar-refractivity contribution >= 4 is 27.4 Å². The molecule has 1 aliphatic carbocycles. The molecule has 25 heavy (non-hydrogen) atoms. The third-order valence-electron chi connectivity index (χ3n) is 4.81. The van der Waals surface area contributed by atoms with Crippen LogP contribution >= 0.6 is 11.6 Å². The quantitative estimate of drug-likeness (QED) is 0.832. The summed E-state index contributed by atoms with van der Waals surface area (Å²) in [5.74, 6) is -2.19. The Hall–Kier alpha value is -1.89. The molecule has 2 aromatic carbocycles. The molecule has 2 aromatic rings. The van der Waals surface area contributed by atoms with Crippen LogP contribution in [0.25, 0.3) is 0 Å². The maximum absolute atomic E-state index is 13.0. The summed E-state index contributed by atoms with van der Waals surface area (Å²) in [6, 6.07) is 12.7. The molecule has 7 heteroatoms. The highest BCUT2D eigenvalue weighted by Crippen LogP contribution is 2.64. The molecule has 0 saturated heterocycles. The fourth-order valence-corrected chi connectivity index (χ4v) is 5.98. The van der Waals surface area contributed by atoms with Gasteiger partial charge in [-0.3, -0.25) is 4.79 Å². The fourth-order valence-electron chi connectivity index (χ4n) is 3.42. The van der Waals surface area contributed by atoms with Crippen LogP contribution in [0.4, 0.5) is 0 Å². The first-order valence-corrected chi connectivity index (χ1v) is 9.58. The normalized spacial score (nSPS) is 25.6. The van der Waals surface area contributed by atoms with Gasteiger partial charge >= 0.3 is 5.97 Å². The Kier molecular flexibility index (Phi) is 4.39. The highest BCUT2D eigenvalue weighted by atomic mass is 35.5. The molecular formula is C18H17ClO5S. The maximum atomic E-state index is 13.0. The number of hydrogen-bond donors (Lipinski definition) is 2. The molecule has 0 aromatic heterocycles. The topological polar surface area (TPSA) is 91.7 Å². The van der Waals surface area contributed by atoms with Gasteiger partial charge in [-0.15, -0.1) is 0 Å². The van der Waals surface area contributed by atoms with Gasteiger partial charge in [0.15, 0.2) is 9.84 Å². The Bertz CT molecular complexity index is 923. The highest BCUT2D eigenvalue weighted by Gasteiger charge is 2.75. The van der Waals surface area contributed by atoms with Gasteiger partial charge in [-0.25, -0.2) is 8.42 Å². The summed E-state index contributed by atoms with van der Waals surface area (Å²) in [5, 5.41) is 18.6. The molecule has 0 spiro atoms. The number of benzene rings is 2. The summed E-state index contributed by atoms with van der Waals surface area (Å²) in [6.45, 7) is 1.06. The maximum Gasteiger partial charge on any atom is 0.314 e. The summed E-state index contributed by atoms with van der Waals surface area (Å²) in [6.07, 6.45) is 0. The number of carbonyl (C=O) groups is 1. The third-order valence-corrected chi connectivity index (χ3v) is 7.33.